The zero-order valence-electron chi connectivity index (χ0n) is 13.0. The molecule has 0 heterocycles. The number of rotatable bonds is 5. The molecule has 6 heteroatoms. The van der Waals surface area contributed by atoms with E-state index in [1.807, 2.05) is 6.07 Å². The molecule has 0 saturated carbocycles. The summed E-state index contributed by atoms with van der Waals surface area (Å²) in [5.74, 6) is -0.972. The number of nitrogens with zero attached hydrogens (tertiary/aromatic N) is 1. The van der Waals surface area contributed by atoms with Gasteiger partial charge in [0, 0.05) is 10.7 Å². The fourth-order valence-electron chi connectivity index (χ4n) is 1.97. The van der Waals surface area contributed by atoms with Crippen molar-refractivity contribution < 1.29 is 14.3 Å². The highest BCUT2D eigenvalue weighted by molar-refractivity contribution is 6.30. The standard InChI is InChI=1S/C18H15ClN2O3/c1-12(18(23)21-16-4-2-3-14(9-16)11-20)24-17(22)10-13-5-7-15(19)8-6-13/h2-9,12H,10H2,1H3,(H,21,23)/t12-/m0/s1. The number of ether oxygens (including phenoxy) is 1. The number of hydrogen-bond donors (Lipinski definition) is 1. The molecule has 1 amide bonds. The molecule has 2 aromatic rings. The molecule has 0 aliphatic carbocycles. The molecule has 2 aromatic carbocycles. The van der Waals surface area contributed by atoms with Crippen LogP contribution < -0.4 is 5.32 Å². The maximum Gasteiger partial charge on any atom is 0.311 e. The minimum Gasteiger partial charge on any atom is -0.452 e. The number of carbonyl (C=O) groups is 2. The van der Waals surface area contributed by atoms with Crippen LogP contribution in [0.1, 0.15) is 18.1 Å². The number of anilines is 1. The first-order valence-electron chi connectivity index (χ1n) is 7.23. The van der Waals surface area contributed by atoms with E-state index in [1.165, 1.54) is 6.92 Å². The van der Waals surface area contributed by atoms with E-state index < -0.39 is 18.0 Å². The Labute approximate surface area is 144 Å². The maximum atomic E-state index is 12.1. The summed E-state index contributed by atoms with van der Waals surface area (Å²) in [5, 5.41) is 12.0. The molecule has 0 aromatic heterocycles. The van der Waals surface area contributed by atoms with Crippen molar-refractivity contribution in [1.82, 2.24) is 0 Å². The predicted octanol–water partition coefficient (Wildman–Crippen LogP) is 3.32. The van der Waals surface area contributed by atoms with Crippen LogP contribution in [-0.2, 0) is 20.7 Å². The van der Waals surface area contributed by atoms with E-state index >= 15 is 0 Å². The number of benzene rings is 2. The second-order valence-corrected chi connectivity index (χ2v) is 5.55. The van der Waals surface area contributed by atoms with Gasteiger partial charge in [-0.3, -0.25) is 9.59 Å². The van der Waals surface area contributed by atoms with Crippen LogP contribution in [0.25, 0.3) is 0 Å². The van der Waals surface area contributed by atoms with Gasteiger partial charge in [-0.15, -0.1) is 0 Å². The van der Waals surface area contributed by atoms with E-state index in [1.54, 1.807) is 48.5 Å². The van der Waals surface area contributed by atoms with E-state index in [2.05, 4.69) is 5.32 Å². The van der Waals surface area contributed by atoms with Crippen LogP contribution in [0.2, 0.25) is 5.02 Å². The summed E-state index contributed by atoms with van der Waals surface area (Å²) < 4.78 is 5.13. The quantitative estimate of drug-likeness (QED) is 0.845. The van der Waals surface area contributed by atoms with Gasteiger partial charge in [0.25, 0.3) is 5.91 Å². The number of esters is 1. The van der Waals surface area contributed by atoms with Gasteiger partial charge in [0.1, 0.15) is 0 Å². The molecule has 0 aliphatic rings. The normalized spacial score (nSPS) is 11.2. The molecule has 2 rings (SSSR count). The SMILES string of the molecule is C[C@H](OC(=O)Cc1ccc(Cl)cc1)C(=O)Nc1cccc(C#N)c1. The second-order valence-electron chi connectivity index (χ2n) is 5.12. The van der Waals surface area contributed by atoms with Crippen molar-refractivity contribution in [2.24, 2.45) is 0 Å². The van der Waals surface area contributed by atoms with Crippen molar-refractivity contribution in [1.29, 1.82) is 5.26 Å². The first kappa shape index (κ1) is 17.5. The van der Waals surface area contributed by atoms with Gasteiger partial charge < -0.3 is 10.1 Å². The monoisotopic (exact) mass is 342 g/mol. The molecule has 0 unspecified atom stereocenters. The highest BCUT2D eigenvalue weighted by atomic mass is 35.5. The van der Waals surface area contributed by atoms with Gasteiger partial charge in [0.05, 0.1) is 18.1 Å². The Bertz CT molecular complexity index is 782. The third-order valence-electron chi connectivity index (χ3n) is 3.20. The van der Waals surface area contributed by atoms with Gasteiger partial charge in [0.15, 0.2) is 6.10 Å². The molecule has 0 spiro atoms. The summed E-state index contributed by atoms with van der Waals surface area (Å²) >= 11 is 5.78. The van der Waals surface area contributed by atoms with Crippen molar-refractivity contribution >= 4 is 29.2 Å². The number of halogens is 1. The number of hydrogen-bond acceptors (Lipinski definition) is 4. The lowest BCUT2D eigenvalue weighted by molar-refractivity contribution is -0.152. The zero-order chi connectivity index (χ0) is 17.5. The van der Waals surface area contributed by atoms with Crippen LogP contribution in [0, 0.1) is 11.3 Å². The van der Waals surface area contributed by atoms with Crippen molar-refractivity contribution in [2.75, 3.05) is 5.32 Å². The fraction of sp³-hybridized carbons (Fsp3) is 0.167. The molecule has 0 radical (unpaired) electrons. The number of nitriles is 1. The second kappa shape index (κ2) is 8.14. The van der Waals surface area contributed by atoms with Crippen molar-refractivity contribution in [3.63, 3.8) is 0 Å². The Morgan fingerprint density at radius 1 is 1.25 bits per heavy atom. The lowest BCUT2D eigenvalue weighted by atomic mass is 10.1. The first-order valence-corrected chi connectivity index (χ1v) is 7.60. The highest BCUT2D eigenvalue weighted by Crippen LogP contribution is 2.12. The van der Waals surface area contributed by atoms with Crippen molar-refractivity contribution in [3.05, 3.63) is 64.7 Å². The number of amides is 1. The average molecular weight is 343 g/mol. The van der Waals surface area contributed by atoms with Crippen LogP contribution in [0.5, 0.6) is 0 Å². The third-order valence-corrected chi connectivity index (χ3v) is 3.45. The summed E-state index contributed by atoms with van der Waals surface area (Å²) in [4.78, 5) is 23.9. The summed E-state index contributed by atoms with van der Waals surface area (Å²) in [6, 6.07) is 15.3. The van der Waals surface area contributed by atoms with Gasteiger partial charge >= 0.3 is 5.97 Å². The maximum absolute atomic E-state index is 12.1. The topological polar surface area (TPSA) is 79.2 Å². The molecule has 0 saturated heterocycles. The Morgan fingerprint density at radius 3 is 2.62 bits per heavy atom. The Morgan fingerprint density at radius 2 is 1.96 bits per heavy atom. The Kier molecular flexibility index (Phi) is 5.94. The van der Waals surface area contributed by atoms with Gasteiger partial charge in [-0.05, 0) is 42.8 Å². The van der Waals surface area contributed by atoms with Crippen LogP contribution in [0.15, 0.2) is 48.5 Å². The largest absolute Gasteiger partial charge is 0.452 e. The molecule has 24 heavy (non-hydrogen) atoms. The van der Waals surface area contributed by atoms with Crippen LogP contribution in [0.4, 0.5) is 5.69 Å². The predicted molar refractivity (Wildman–Crippen MR) is 90.5 cm³/mol. The van der Waals surface area contributed by atoms with Crippen LogP contribution >= 0.6 is 11.6 Å². The van der Waals surface area contributed by atoms with E-state index in [0.29, 0.717) is 16.3 Å². The number of nitrogens with one attached hydrogen (secondary N) is 1. The summed E-state index contributed by atoms with van der Waals surface area (Å²) in [6.45, 7) is 1.49. The third kappa shape index (κ3) is 5.11. The van der Waals surface area contributed by atoms with Gasteiger partial charge in [-0.2, -0.15) is 5.26 Å². The molecule has 5 nitrogen and oxygen atoms in total. The van der Waals surface area contributed by atoms with Crippen LogP contribution in [-0.4, -0.2) is 18.0 Å². The number of carbonyl (C=O) groups excluding carboxylic acids is 2. The molecule has 0 bridgehead atoms. The van der Waals surface area contributed by atoms with E-state index in [4.69, 9.17) is 21.6 Å². The van der Waals surface area contributed by atoms with E-state index in [9.17, 15) is 9.59 Å². The highest BCUT2D eigenvalue weighted by Gasteiger charge is 2.18. The van der Waals surface area contributed by atoms with Crippen molar-refractivity contribution in [2.45, 2.75) is 19.4 Å². The Balaban J connectivity index is 1.89. The molecular formula is C18H15ClN2O3. The van der Waals surface area contributed by atoms with Gasteiger partial charge in [0.2, 0.25) is 0 Å². The van der Waals surface area contributed by atoms with E-state index in [0.717, 1.165) is 5.56 Å². The Hall–Kier alpha value is -2.84. The fourth-order valence-corrected chi connectivity index (χ4v) is 2.10. The van der Waals surface area contributed by atoms with Crippen molar-refractivity contribution in [3.8, 4) is 6.07 Å². The average Bonchev–Trinajstić information content (AvgIpc) is 2.57. The minimum atomic E-state index is -0.949. The smallest absolute Gasteiger partial charge is 0.311 e. The summed E-state index contributed by atoms with van der Waals surface area (Å²) in [7, 11) is 0. The molecule has 122 valence electrons. The van der Waals surface area contributed by atoms with E-state index in [-0.39, 0.29) is 6.42 Å². The zero-order valence-corrected chi connectivity index (χ0v) is 13.7. The summed E-state index contributed by atoms with van der Waals surface area (Å²) in [6.07, 6.45) is -0.894. The molecular weight excluding hydrogens is 328 g/mol. The molecule has 0 aliphatic heterocycles. The van der Waals surface area contributed by atoms with Gasteiger partial charge in [-0.1, -0.05) is 29.8 Å². The van der Waals surface area contributed by atoms with Gasteiger partial charge in [-0.25, -0.2) is 0 Å². The van der Waals surface area contributed by atoms with Crippen LogP contribution in [0.3, 0.4) is 0 Å². The molecule has 1 atom stereocenters. The molecule has 1 N–H and O–H groups in total. The molecule has 0 fully saturated rings. The lowest BCUT2D eigenvalue weighted by Crippen LogP contribution is -2.30. The lowest BCUT2D eigenvalue weighted by Gasteiger charge is -2.13. The minimum absolute atomic E-state index is 0.0543. The first-order chi connectivity index (χ1) is 11.5. The summed E-state index contributed by atoms with van der Waals surface area (Å²) in [5.41, 5.74) is 1.65.